The molecule has 1 fully saturated rings. The largest absolute Gasteiger partial charge is 0.494 e. The minimum absolute atomic E-state index is 0.242. The van der Waals surface area contributed by atoms with Crippen LogP contribution in [0, 0.1) is 5.92 Å². The molecule has 1 aromatic carbocycles. The third kappa shape index (κ3) is 4.11. The number of carbonyl (C=O) groups is 1. The Hall–Kier alpha value is -1.83. The molecule has 26 heavy (non-hydrogen) atoms. The number of ether oxygens (including phenoxy) is 2. The van der Waals surface area contributed by atoms with Crippen LogP contribution in [0.4, 0.5) is 4.79 Å². The first-order valence-corrected chi connectivity index (χ1v) is 9.61. The van der Waals surface area contributed by atoms with Crippen molar-refractivity contribution in [3.8, 4) is 5.75 Å². The van der Waals surface area contributed by atoms with Crippen molar-refractivity contribution in [1.29, 1.82) is 0 Å². The number of amides is 1. The second-order valence-electron chi connectivity index (χ2n) is 7.65. The molecule has 1 unspecified atom stereocenters. The van der Waals surface area contributed by atoms with Crippen molar-refractivity contribution < 1.29 is 14.3 Å². The number of halogens is 1. The fourth-order valence-corrected chi connectivity index (χ4v) is 3.79. The Labute approximate surface area is 161 Å². The quantitative estimate of drug-likeness (QED) is 0.747. The van der Waals surface area contributed by atoms with Crippen LogP contribution in [0.25, 0.3) is 11.0 Å². The van der Waals surface area contributed by atoms with Gasteiger partial charge in [-0.3, -0.25) is 0 Å². The monoisotopic (exact) mass is 424 g/mol. The number of nitrogens with zero attached hydrogens (tertiary/aromatic N) is 4. The van der Waals surface area contributed by atoms with Crippen LogP contribution in [0.1, 0.15) is 33.6 Å². The van der Waals surface area contributed by atoms with E-state index in [1.54, 1.807) is 12.0 Å². The number of benzene rings is 1. The van der Waals surface area contributed by atoms with Gasteiger partial charge in [-0.05, 0) is 67.6 Å². The fraction of sp³-hybridized carbons (Fsp3) is 0.611. The van der Waals surface area contributed by atoms with Gasteiger partial charge in [0.05, 0.1) is 7.11 Å². The zero-order valence-corrected chi connectivity index (χ0v) is 17.2. The van der Waals surface area contributed by atoms with Gasteiger partial charge in [0.2, 0.25) is 0 Å². The molecule has 0 N–H and O–H groups in total. The lowest BCUT2D eigenvalue weighted by Gasteiger charge is -2.34. The third-order valence-electron chi connectivity index (χ3n) is 4.40. The van der Waals surface area contributed by atoms with E-state index in [2.05, 4.69) is 26.2 Å². The van der Waals surface area contributed by atoms with Crippen LogP contribution in [0.3, 0.4) is 0 Å². The van der Waals surface area contributed by atoms with E-state index < -0.39 is 5.60 Å². The molecule has 0 bridgehead atoms. The predicted molar refractivity (Wildman–Crippen MR) is 102 cm³/mol. The zero-order chi connectivity index (χ0) is 18.9. The van der Waals surface area contributed by atoms with Gasteiger partial charge in [-0.2, -0.15) is 0 Å². The van der Waals surface area contributed by atoms with Crippen molar-refractivity contribution in [2.75, 3.05) is 20.2 Å². The van der Waals surface area contributed by atoms with Crippen molar-refractivity contribution in [2.45, 2.75) is 45.8 Å². The van der Waals surface area contributed by atoms with Crippen molar-refractivity contribution in [2.24, 2.45) is 5.92 Å². The number of rotatable bonds is 3. The highest BCUT2D eigenvalue weighted by atomic mass is 79.9. The van der Waals surface area contributed by atoms with E-state index in [1.165, 1.54) is 0 Å². The highest BCUT2D eigenvalue weighted by Gasteiger charge is 2.28. The summed E-state index contributed by atoms with van der Waals surface area (Å²) < 4.78 is 13.7. The van der Waals surface area contributed by atoms with Gasteiger partial charge in [0.1, 0.15) is 16.9 Å². The van der Waals surface area contributed by atoms with Gasteiger partial charge in [-0.1, -0.05) is 5.21 Å². The van der Waals surface area contributed by atoms with Gasteiger partial charge in [-0.15, -0.1) is 5.10 Å². The van der Waals surface area contributed by atoms with Crippen molar-refractivity contribution in [3.05, 3.63) is 16.6 Å². The number of hydrogen-bond donors (Lipinski definition) is 0. The van der Waals surface area contributed by atoms with Crippen LogP contribution in [0.15, 0.2) is 16.6 Å². The van der Waals surface area contributed by atoms with Gasteiger partial charge in [0, 0.05) is 24.1 Å². The van der Waals surface area contributed by atoms with Gasteiger partial charge >= 0.3 is 6.09 Å². The third-order valence-corrected chi connectivity index (χ3v) is 5.04. The maximum absolute atomic E-state index is 12.4. The van der Waals surface area contributed by atoms with Crippen LogP contribution in [0.5, 0.6) is 5.75 Å². The normalized spacial score (nSPS) is 18.2. The summed E-state index contributed by atoms with van der Waals surface area (Å²) >= 11 is 3.58. The fourth-order valence-electron chi connectivity index (χ4n) is 3.27. The van der Waals surface area contributed by atoms with Crippen LogP contribution < -0.4 is 4.74 Å². The first-order valence-electron chi connectivity index (χ1n) is 8.82. The lowest BCUT2D eigenvalue weighted by Crippen LogP contribution is -2.43. The Kier molecular flexibility index (Phi) is 5.41. The lowest BCUT2D eigenvalue weighted by molar-refractivity contribution is 0.0155. The standard InChI is InChI=1S/C18H25BrN4O3/c1-18(2,3)26-17(24)22-9-5-6-12(10-22)11-23-16-13(19)7-8-14(25-4)15(16)20-21-23/h7-8,12H,5-6,9-11H2,1-4H3. The molecular weight excluding hydrogens is 400 g/mol. The molecule has 1 saturated heterocycles. The first-order chi connectivity index (χ1) is 12.3. The average Bonchev–Trinajstić information content (AvgIpc) is 2.99. The minimum atomic E-state index is -0.479. The van der Waals surface area contributed by atoms with Crippen LogP contribution in [-0.4, -0.2) is 51.8 Å². The maximum atomic E-state index is 12.4. The topological polar surface area (TPSA) is 69.5 Å². The van der Waals surface area contributed by atoms with Crippen LogP contribution >= 0.6 is 15.9 Å². The second-order valence-corrected chi connectivity index (χ2v) is 8.51. The predicted octanol–water partition coefficient (Wildman–Crippen LogP) is 3.85. The van der Waals surface area contributed by atoms with E-state index in [-0.39, 0.29) is 6.09 Å². The highest BCUT2D eigenvalue weighted by Crippen LogP contribution is 2.31. The highest BCUT2D eigenvalue weighted by molar-refractivity contribution is 9.10. The van der Waals surface area contributed by atoms with E-state index >= 15 is 0 Å². The van der Waals surface area contributed by atoms with Gasteiger partial charge in [0.25, 0.3) is 0 Å². The van der Waals surface area contributed by atoms with Crippen LogP contribution in [-0.2, 0) is 11.3 Å². The average molecular weight is 425 g/mol. The molecule has 7 nitrogen and oxygen atoms in total. The van der Waals surface area contributed by atoms with E-state index in [0.29, 0.717) is 24.8 Å². The molecule has 0 radical (unpaired) electrons. The number of likely N-dealkylation sites (tertiary alicyclic amines) is 1. The molecule has 8 heteroatoms. The SMILES string of the molecule is COc1ccc(Br)c2c1nnn2CC1CCCN(C(=O)OC(C)(C)C)C1. The molecule has 1 aliphatic rings. The lowest BCUT2D eigenvalue weighted by atomic mass is 9.98. The summed E-state index contributed by atoms with van der Waals surface area (Å²) in [5.41, 5.74) is 1.17. The molecule has 2 aromatic rings. The molecule has 2 heterocycles. The molecule has 1 amide bonds. The smallest absolute Gasteiger partial charge is 0.410 e. The number of piperidine rings is 1. The summed E-state index contributed by atoms with van der Waals surface area (Å²) in [7, 11) is 1.63. The Balaban J connectivity index is 1.75. The number of aromatic nitrogens is 3. The van der Waals surface area contributed by atoms with Gasteiger partial charge in [-0.25, -0.2) is 9.48 Å². The number of fused-ring (bicyclic) bond motifs is 1. The second kappa shape index (κ2) is 7.42. The Morgan fingerprint density at radius 3 is 2.85 bits per heavy atom. The summed E-state index contributed by atoms with van der Waals surface area (Å²) in [6.07, 6.45) is 1.76. The number of methoxy groups -OCH3 is 1. The number of hydrogen-bond acceptors (Lipinski definition) is 5. The summed E-state index contributed by atoms with van der Waals surface area (Å²) in [6, 6.07) is 3.81. The number of carbonyl (C=O) groups excluding carboxylic acids is 1. The molecule has 1 aromatic heterocycles. The molecule has 0 spiro atoms. The zero-order valence-electron chi connectivity index (χ0n) is 15.7. The van der Waals surface area contributed by atoms with Gasteiger partial charge in [0.15, 0.2) is 5.52 Å². The molecule has 0 saturated carbocycles. The Bertz CT molecular complexity index is 800. The molecular formula is C18H25BrN4O3. The summed E-state index contributed by atoms with van der Waals surface area (Å²) in [5.74, 6) is 1.01. The molecule has 142 valence electrons. The van der Waals surface area contributed by atoms with Crippen molar-refractivity contribution >= 4 is 33.1 Å². The van der Waals surface area contributed by atoms with Crippen LogP contribution in [0.2, 0.25) is 0 Å². The van der Waals surface area contributed by atoms with E-state index in [0.717, 1.165) is 34.9 Å². The first kappa shape index (κ1) is 18.9. The Morgan fingerprint density at radius 2 is 2.15 bits per heavy atom. The van der Waals surface area contributed by atoms with Crippen molar-refractivity contribution in [3.63, 3.8) is 0 Å². The maximum Gasteiger partial charge on any atom is 0.410 e. The summed E-state index contributed by atoms with van der Waals surface area (Å²) in [5, 5.41) is 8.58. The van der Waals surface area contributed by atoms with E-state index in [4.69, 9.17) is 9.47 Å². The van der Waals surface area contributed by atoms with E-state index in [9.17, 15) is 4.79 Å². The Morgan fingerprint density at radius 1 is 1.38 bits per heavy atom. The molecule has 1 atom stereocenters. The summed E-state index contributed by atoms with van der Waals surface area (Å²) in [6.45, 7) is 7.76. The molecule has 0 aliphatic carbocycles. The molecule has 1 aliphatic heterocycles. The minimum Gasteiger partial charge on any atom is -0.494 e. The van der Waals surface area contributed by atoms with E-state index in [1.807, 2.05) is 37.6 Å². The van der Waals surface area contributed by atoms with Gasteiger partial charge < -0.3 is 14.4 Å². The summed E-state index contributed by atoms with van der Waals surface area (Å²) in [4.78, 5) is 14.2. The molecule has 3 rings (SSSR count). The van der Waals surface area contributed by atoms with Crippen molar-refractivity contribution in [1.82, 2.24) is 19.9 Å².